The van der Waals surface area contributed by atoms with E-state index in [1.165, 1.54) is 0 Å². The molecule has 1 saturated heterocycles. The van der Waals surface area contributed by atoms with Crippen LogP contribution in [0.3, 0.4) is 0 Å². The van der Waals surface area contributed by atoms with Gasteiger partial charge >= 0.3 is 0 Å². The second-order valence-electron chi connectivity index (χ2n) is 3.68. The molecule has 0 aromatic heterocycles. The topological polar surface area (TPSA) is 40.5 Å². The Morgan fingerprint density at radius 2 is 2.14 bits per heavy atom. The van der Waals surface area contributed by atoms with Crippen LogP contribution in [0.2, 0.25) is 0 Å². The van der Waals surface area contributed by atoms with Gasteiger partial charge in [0.05, 0.1) is 0 Å². The maximum atomic E-state index is 11.4. The first kappa shape index (κ1) is 9.06. The molecule has 1 fully saturated rings. The summed E-state index contributed by atoms with van der Waals surface area (Å²) in [6.07, 6.45) is 1.53. The van der Waals surface area contributed by atoms with Gasteiger partial charge in [0.25, 0.3) is 0 Å². The fraction of sp³-hybridized carbons (Fsp3) is 0.364. The van der Waals surface area contributed by atoms with Crippen molar-refractivity contribution < 1.29 is 9.90 Å². The molecule has 1 amide bonds. The zero-order valence-electron chi connectivity index (χ0n) is 8.16. The predicted molar refractivity (Wildman–Crippen MR) is 54.4 cm³/mol. The van der Waals surface area contributed by atoms with E-state index >= 15 is 0 Å². The summed E-state index contributed by atoms with van der Waals surface area (Å²) in [6.45, 7) is 2.67. The van der Waals surface area contributed by atoms with Crippen LogP contribution in [-0.4, -0.2) is 17.6 Å². The lowest BCUT2D eigenvalue weighted by Crippen LogP contribution is -2.23. The van der Waals surface area contributed by atoms with Crippen LogP contribution in [-0.2, 0) is 4.79 Å². The monoisotopic (exact) mass is 191 g/mol. The molecular formula is C11H13NO2. The number of hydrogen-bond acceptors (Lipinski definition) is 2. The van der Waals surface area contributed by atoms with Crippen LogP contribution >= 0.6 is 0 Å². The highest BCUT2D eigenvalue weighted by Crippen LogP contribution is 2.26. The molecule has 0 unspecified atom stereocenters. The predicted octanol–water partition coefficient (Wildman–Crippen LogP) is 1.83. The van der Waals surface area contributed by atoms with Crippen LogP contribution in [0.4, 0.5) is 5.69 Å². The Balaban J connectivity index is 2.35. The Labute approximate surface area is 83.0 Å². The summed E-state index contributed by atoms with van der Waals surface area (Å²) in [6, 6.07) is 5.24. The maximum Gasteiger partial charge on any atom is 0.227 e. The number of benzene rings is 1. The third kappa shape index (κ3) is 1.58. The molecule has 0 spiro atoms. The van der Waals surface area contributed by atoms with E-state index in [1.54, 1.807) is 17.0 Å². The highest BCUT2D eigenvalue weighted by molar-refractivity contribution is 5.95. The molecule has 0 saturated carbocycles. The number of nitrogens with zero attached hydrogens (tertiary/aromatic N) is 1. The van der Waals surface area contributed by atoms with Crippen molar-refractivity contribution in [2.24, 2.45) is 0 Å². The normalized spacial score (nSPS) is 16.4. The molecule has 1 aliphatic rings. The summed E-state index contributed by atoms with van der Waals surface area (Å²) in [4.78, 5) is 13.2. The Hall–Kier alpha value is -1.51. The van der Waals surface area contributed by atoms with Crippen molar-refractivity contribution in [3.8, 4) is 5.75 Å². The molecule has 14 heavy (non-hydrogen) atoms. The van der Waals surface area contributed by atoms with Gasteiger partial charge in [-0.1, -0.05) is 0 Å². The van der Waals surface area contributed by atoms with Gasteiger partial charge in [-0.05, 0) is 31.0 Å². The first-order valence-corrected chi connectivity index (χ1v) is 4.78. The molecule has 3 nitrogen and oxygen atoms in total. The van der Waals surface area contributed by atoms with Gasteiger partial charge in [-0.15, -0.1) is 0 Å². The zero-order chi connectivity index (χ0) is 10.1. The third-order valence-corrected chi connectivity index (χ3v) is 2.43. The number of carbonyl (C=O) groups is 1. The van der Waals surface area contributed by atoms with Crippen molar-refractivity contribution in [1.82, 2.24) is 0 Å². The number of aromatic hydroxyl groups is 1. The van der Waals surface area contributed by atoms with Crippen LogP contribution in [0, 0.1) is 6.92 Å². The SMILES string of the molecule is Cc1cc(O)cc(N2CCCC2=O)c1. The number of carbonyl (C=O) groups excluding carboxylic acids is 1. The molecule has 0 bridgehead atoms. The Morgan fingerprint density at radius 3 is 2.71 bits per heavy atom. The summed E-state index contributed by atoms with van der Waals surface area (Å²) in [5.41, 5.74) is 1.78. The molecule has 1 aliphatic heterocycles. The lowest BCUT2D eigenvalue weighted by Gasteiger charge is -2.16. The van der Waals surface area contributed by atoms with Crippen molar-refractivity contribution in [3.05, 3.63) is 23.8 Å². The van der Waals surface area contributed by atoms with E-state index in [0.717, 1.165) is 24.2 Å². The molecule has 0 radical (unpaired) electrons. The maximum absolute atomic E-state index is 11.4. The standard InChI is InChI=1S/C11H13NO2/c1-8-5-9(7-10(13)6-8)12-4-2-3-11(12)14/h5-7,13H,2-4H2,1H3. The average molecular weight is 191 g/mol. The number of anilines is 1. The molecule has 1 aromatic carbocycles. The lowest BCUT2D eigenvalue weighted by atomic mass is 10.2. The van der Waals surface area contributed by atoms with Gasteiger partial charge in [0.15, 0.2) is 0 Å². The Morgan fingerprint density at radius 1 is 1.36 bits per heavy atom. The molecule has 3 heteroatoms. The van der Waals surface area contributed by atoms with E-state index in [4.69, 9.17) is 0 Å². The van der Waals surface area contributed by atoms with Gasteiger partial charge < -0.3 is 10.0 Å². The molecule has 1 heterocycles. The number of phenols is 1. The van der Waals surface area contributed by atoms with Gasteiger partial charge in [0.2, 0.25) is 5.91 Å². The fourth-order valence-electron chi connectivity index (χ4n) is 1.82. The fourth-order valence-corrected chi connectivity index (χ4v) is 1.82. The Kier molecular flexibility index (Phi) is 2.15. The lowest BCUT2D eigenvalue weighted by molar-refractivity contribution is -0.117. The summed E-state index contributed by atoms with van der Waals surface area (Å²) in [7, 11) is 0. The summed E-state index contributed by atoms with van der Waals surface area (Å²) in [5.74, 6) is 0.370. The first-order chi connectivity index (χ1) is 6.66. The molecule has 1 aromatic rings. The van der Waals surface area contributed by atoms with Crippen LogP contribution in [0.5, 0.6) is 5.75 Å². The summed E-state index contributed by atoms with van der Waals surface area (Å²) in [5, 5.41) is 9.40. The van der Waals surface area contributed by atoms with Gasteiger partial charge in [0, 0.05) is 24.7 Å². The second kappa shape index (κ2) is 3.33. The first-order valence-electron chi connectivity index (χ1n) is 4.78. The van der Waals surface area contributed by atoms with Gasteiger partial charge in [-0.2, -0.15) is 0 Å². The van der Waals surface area contributed by atoms with Gasteiger partial charge in [-0.3, -0.25) is 4.79 Å². The van der Waals surface area contributed by atoms with Crippen molar-refractivity contribution in [1.29, 1.82) is 0 Å². The van der Waals surface area contributed by atoms with Crippen LogP contribution in [0.15, 0.2) is 18.2 Å². The highest BCUT2D eigenvalue weighted by atomic mass is 16.3. The minimum absolute atomic E-state index is 0.148. The van der Waals surface area contributed by atoms with Crippen LogP contribution < -0.4 is 4.90 Å². The second-order valence-corrected chi connectivity index (χ2v) is 3.68. The molecule has 2 rings (SSSR count). The summed E-state index contributed by atoms with van der Waals surface area (Å²) >= 11 is 0. The average Bonchev–Trinajstić information content (AvgIpc) is 2.49. The zero-order valence-corrected chi connectivity index (χ0v) is 8.16. The van der Waals surface area contributed by atoms with E-state index < -0.39 is 0 Å². The van der Waals surface area contributed by atoms with Crippen LogP contribution in [0.25, 0.3) is 0 Å². The third-order valence-electron chi connectivity index (χ3n) is 2.43. The number of hydrogen-bond donors (Lipinski definition) is 1. The molecular weight excluding hydrogens is 178 g/mol. The minimum Gasteiger partial charge on any atom is -0.508 e. The van der Waals surface area contributed by atoms with Crippen molar-refractivity contribution in [3.63, 3.8) is 0 Å². The van der Waals surface area contributed by atoms with Crippen molar-refractivity contribution in [2.75, 3.05) is 11.4 Å². The number of amides is 1. The number of phenolic OH excluding ortho intramolecular Hbond substituents is 1. The van der Waals surface area contributed by atoms with E-state index in [-0.39, 0.29) is 11.7 Å². The molecule has 74 valence electrons. The quantitative estimate of drug-likeness (QED) is 0.735. The smallest absolute Gasteiger partial charge is 0.227 e. The molecule has 1 N–H and O–H groups in total. The highest BCUT2D eigenvalue weighted by Gasteiger charge is 2.21. The van der Waals surface area contributed by atoms with Gasteiger partial charge in [0.1, 0.15) is 5.75 Å². The van der Waals surface area contributed by atoms with E-state index in [0.29, 0.717) is 6.42 Å². The molecule has 0 atom stereocenters. The van der Waals surface area contributed by atoms with Crippen molar-refractivity contribution in [2.45, 2.75) is 19.8 Å². The van der Waals surface area contributed by atoms with E-state index in [1.807, 2.05) is 13.0 Å². The van der Waals surface area contributed by atoms with E-state index in [2.05, 4.69) is 0 Å². The van der Waals surface area contributed by atoms with E-state index in [9.17, 15) is 9.90 Å². The number of aryl methyl sites for hydroxylation is 1. The largest absolute Gasteiger partial charge is 0.508 e. The van der Waals surface area contributed by atoms with Crippen molar-refractivity contribution >= 4 is 11.6 Å². The van der Waals surface area contributed by atoms with Gasteiger partial charge in [-0.25, -0.2) is 0 Å². The number of rotatable bonds is 1. The van der Waals surface area contributed by atoms with Crippen LogP contribution in [0.1, 0.15) is 18.4 Å². The minimum atomic E-state index is 0.148. The Bertz CT molecular complexity index is 353. The summed E-state index contributed by atoms with van der Waals surface area (Å²) < 4.78 is 0. The molecule has 0 aliphatic carbocycles.